The summed E-state index contributed by atoms with van der Waals surface area (Å²) < 4.78 is 33.0. The lowest BCUT2D eigenvalue weighted by Crippen LogP contribution is -2.36. The van der Waals surface area contributed by atoms with Crippen LogP contribution < -0.4 is 10.6 Å². The molecule has 2 unspecified atom stereocenters. The molecule has 3 fully saturated rings. The molecule has 1 aromatic carbocycles. The van der Waals surface area contributed by atoms with Crippen LogP contribution in [0.4, 0.5) is 8.78 Å². The standard InChI is InChI=1S/C35H45F2N5OS/c1-22-26(28-9-5-14-38-28)20-27(23-7-3-2-4-8-23)32(33(22)37)29-21-42-30-11-10-24(19-31(30)44-35(42)40-29)34(43)39-15-6-16-41-17-12-25(36)13-18-41/h10-11,19-23,25,28,33,38H,2-9,12-18H2,1H3,(H,39,43)/t22?,28-,33?/m1/s1. The zero-order valence-corrected chi connectivity index (χ0v) is 26.6. The van der Waals surface area contributed by atoms with Crippen LogP contribution in [-0.2, 0) is 0 Å². The van der Waals surface area contributed by atoms with Crippen molar-refractivity contribution in [3.8, 4) is 0 Å². The zero-order chi connectivity index (χ0) is 30.2. The van der Waals surface area contributed by atoms with Crippen molar-refractivity contribution in [1.82, 2.24) is 24.9 Å². The first kappa shape index (κ1) is 30.1. The molecule has 3 aromatic rings. The van der Waals surface area contributed by atoms with Gasteiger partial charge in [0, 0.05) is 48.9 Å². The lowest BCUT2D eigenvalue weighted by molar-refractivity contribution is 0.0950. The van der Waals surface area contributed by atoms with Crippen molar-refractivity contribution in [2.24, 2.45) is 11.8 Å². The largest absolute Gasteiger partial charge is 0.352 e. The molecule has 7 rings (SSSR count). The van der Waals surface area contributed by atoms with Crippen LogP contribution in [0.3, 0.4) is 0 Å². The normalized spacial score (nSPS) is 26.2. The van der Waals surface area contributed by atoms with Gasteiger partial charge in [-0.3, -0.25) is 9.20 Å². The fraction of sp³-hybridized carbons (Fsp3) is 0.600. The number of nitrogens with one attached hydrogen (secondary N) is 2. The average molecular weight is 622 g/mol. The average Bonchev–Trinajstić information content (AvgIpc) is 3.79. The van der Waals surface area contributed by atoms with E-state index in [1.54, 1.807) is 11.3 Å². The number of fused-ring (bicyclic) bond motifs is 3. The molecule has 2 N–H and O–H groups in total. The summed E-state index contributed by atoms with van der Waals surface area (Å²) in [5.41, 5.74) is 5.58. The molecule has 44 heavy (non-hydrogen) atoms. The third kappa shape index (κ3) is 5.99. The highest BCUT2D eigenvalue weighted by atomic mass is 32.1. The lowest BCUT2D eigenvalue weighted by atomic mass is 9.72. The van der Waals surface area contributed by atoms with Crippen molar-refractivity contribution in [3.05, 3.63) is 52.9 Å². The Morgan fingerprint density at radius 2 is 1.91 bits per heavy atom. The van der Waals surface area contributed by atoms with E-state index in [2.05, 4.69) is 26.0 Å². The van der Waals surface area contributed by atoms with Crippen LogP contribution in [0.2, 0.25) is 0 Å². The number of hydrogen-bond acceptors (Lipinski definition) is 5. The van der Waals surface area contributed by atoms with Gasteiger partial charge in [0.25, 0.3) is 5.91 Å². The number of rotatable bonds is 8. The van der Waals surface area contributed by atoms with E-state index in [0.717, 1.165) is 84.7 Å². The van der Waals surface area contributed by atoms with Crippen molar-refractivity contribution in [1.29, 1.82) is 0 Å². The van der Waals surface area contributed by atoms with Crippen molar-refractivity contribution in [2.75, 3.05) is 32.7 Å². The third-order valence-electron chi connectivity index (χ3n) is 10.5. The van der Waals surface area contributed by atoms with Crippen molar-refractivity contribution in [3.63, 3.8) is 0 Å². The van der Waals surface area contributed by atoms with Crippen LogP contribution in [0, 0.1) is 11.8 Å². The van der Waals surface area contributed by atoms with Gasteiger partial charge >= 0.3 is 0 Å². The molecule has 1 saturated carbocycles. The van der Waals surface area contributed by atoms with Gasteiger partial charge in [0.05, 0.1) is 15.9 Å². The summed E-state index contributed by atoms with van der Waals surface area (Å²) in [7, 11) is 0. The molecule has 2 saturated heterocycles. The number of benzene rings is 1. The number of carbonyl (C=O) groups excluding carboxylic acids is 1. The predicted octanol–water partition coefficient (Wildman–Crippen LogP) is 7.10. The van der Waals surface area contributed by atoms with E-state index in [0.29, 0.717) is 30.9 Å². The maximum absolute atomic E-state index is 16.5. The zero-order valence-electron chi connectivity index (χ0n) is 25.8. The second-order valence-corrected chi connectivity index (χ2v) is 14.4. The number of nitrogens with zero attached hydrogens (tertiary/aromatic N) is 3. The molecule has 2 aliphatic heterocycles. The first-order chi connectivity index (χ1) is 21.5. The third-order valence-corrected chi connectivity index (χ3v) is 11.5. The Bertz CT molecular complexity index is 1560. The Morgan fingerprint density at radius 3 is 2.68 bits per heavy atom. The summed E-state index contributed by atoms with van der Waals surface area (Å²) in [6.07, 6.45) is 12.9. The molecule has 4 aliphatic rings. The molecule has 3 atom stereocenters. The van der Waals surface area contributed by atoms with E-state index in [-0.39, 0.29) is 17.9 Å². The number of aromatic nitrogens is 2. The van der Waals surface area contributed by atoms with Gasteiger partial charge in [-0.1, -0.05) is 43.6 Å². The van der Waals surface area contributed by atoms with Crippen molar-refractivity contribution in [2.45, 2.75) is 89.5 Å². The van der Waals surface area contributed by atoms with E-state index >= 15 is 4.39 Å². The number of allylic oxidation sites excluding steroid dienone is 3. The first-order valence-electron chi connectivity index (χ1n) is 16.9. The number of alkyl halides is 2. The minimum atomic E-state index is -1.07. The highest BCUT2D eigenvalue weighted by Gasteiger charge is 2.38. The second-order valence-electron chi connectivity index (χ2n) is 13.4. The quantitative estimate of drug-likeness (QED) is 0.264. The maximum Gasteiger partial charge on any atom is 0.251 e. The van der Waals surface area contributed by atoms with Crippen LogP contribution in [-0.4, -0.2) is 71.3 Å². The molecule has 236 valence electrons. The number of halogens is 2. The minimum Gasteiger partial charge on any atom is -0.352 e. The number of hydrogen-bond donors (Lipinski definition) is 2. The minimum absolute atomic E-state index is 0.0841. The monoisotopic (exact) mass is 621 g/mol. The first-order valence-corrected chi connectivity index (χ1v) is 17.7. The molecular formula is C35H45F2N5OS. The molecule has 0 bridgehead atoms. The van der Waals surface area contributed by atoms with E-state index < -0.39 is 12.3 Å². The van der Waals surface area contributed by atoms with E-state index in [1.807, 2.05) is 31.3 Å². The lowest BCUT2D eigenvalue weighted by Gasteiger charge is -2.35. The van der Waals surface area contributed by atoms with Gasteiger partial charge in [-0.2, -0.15) is 0 Å². The van der Waals surface area contributed by atoms with Crippen LogP contribution in [0.1, 0.15) is 87.2 Å². The molecule has 1 amide bonds. The SMILES string of the molecule is CC1C([C@H]2CCCN2)=CC(C2CCCCC2)=C(c2cn3c(n2)sc2cc(C(=O)NCCCN4CCC(F)CC4)ccc23)C1F. The molecule has 2 aliphatic carbocycles. The van der Waals surface area contributed by atoms with Gasteiger partial charge in [0.1, 0.15) is 12.3 Å². The fourth-order valence-electron chi connectivity index (χ4n) is 7.90. The predicted molar refractivity (Wildman–Crippen MR) is 175 cm³/mol. The maximum atomic E-state index is 16.5. The Kier molecular flexibility index (Phi) is 8.89. The van der Waals surface area contributed by atoms with Gasteiger partial charge in [0.15, 0.2) is 4.96 Å². The van der Waals surface area contributed by atoms with Crippen molar-refractivity contribution >= 4 is 38.0 Å². The number of thiazole rings is 1. The summed E-state index contributed by atoms with van der Waals surface area (Å²) >= 11 is 1.55. The molecule has 9 heteroatoms. The molecule has 0 radical (unpaired) electrons. The van der Waals surface area contributed by atoms with Crippen LogP contribution in [0.5, 0.6) is 0 Å². The molecule has 2 aromatic heterocycles. The summed E-state index contributed by atoms with van der Waals surface area (Å²) in [6, 6.07) is 6.07. The van der Waals surface area contributed by atoms with Gasteiger partial charge in [-0.25, -0.2) is 13.8 Å². The van der Waals surface area contributed by atoms with Crippen LogP contribution in [0.25, 0.3) is 20.8 Å². The summed E-state index contributed by atoms with van der Waals surface area (Å²) in [6.45, 7) is 6.13. The number of amides is 1. The number of likely N-dealkylation sites (tertiary alicyclic amines) is 1. The molecular weight excluding hydrogens is 576 g/mol. The Balaban J connectivity index is 1.11. The van der Waals surface area contributed by atoms with Crippen LogP contribution >= 0.6 is 11.3 Å². The second kappa shape index (κ2) is 13.0. The molecule has 6 nitrogen and oxygen atoms in total. The van der Waals surface area contributed by atoms with Crippen LogP contribution in [0.15, 0.2) is 41.6 Å². The Labute approximate surface area is 263 Å². The highest BCUT2D eigenvalue weighted by molar-refractivity contribution is 7.23. The van der Waals surface area contributed by atoms with Gasteiger partial charge in [0.2, 0.25) is 0 Å². The van der Waals surface area contributed by atoms with E-state index in [9.17, 15) is 9.18 Å². The summed E-state index contributed by atoms with van der Waals surface area (Å²) in [5.74, 6) is 0.132. The van der Waals surface area contributed by atoms with E-state index in [1.165, 1.54) is 30.4 Å². The fourth-order valence-corrected chi connectivity index (χ4v) is 8.95. The van der Waals surface area contributed by atoms with Gasteiger partial charge in [-0.15, -0.1) is 0 Å². The summed E-state index contributed by atoms with van der Waals surface area (Å²) in [4.78, 5) is 21.0. The number of piperidine rings is 1. The van der Waals surface area contributed by atoms with E-state index in [4.69, 9.17) is 4.98 Å². The highest BCUT2D eigenvalue weighted by Crippen LogP contribution is 2.45. The topological polar surface area (TPSA) is 61.7 Å². The van der Waals surface area contributed by atoms with Crippen molar-refractivity contribution < 1.29 is 13.6 Å². The molecule has 4 heterocycles. The number of carbonyl (C=O) groups is 1. The Morgan fingerprint density at radius 1 is 1.09 bits per heavy atom. The van der Waals surface area contributed by atoms with Gasteiger partial charge < -0.3 is 15.5 Å². The number of imidazole rings is 1. The Hall–Kier alpha value is -2.62. The smallest absolute Gasteiger partial charge is 0.251 e. The van der Waals surface area contributed by atoms with Gasteiger partial charge in [-0.05, 0) is 93.3 Å². The summed E-state index contributed by atoms with van der Waals surface area (Å²) in [5, 5.41) is 6.66. The molecule has 0 spiro atoms.